The summed E-state index contributed by atoms with van der Waals surface area (Å²) < 4.78 is 5.13. The predicted molar refractivity (Wildman–Crippen MR) is 85.2 cm³/mol. The molecule has 0 unspecified atom stereocenters. The standard InChI is InChI=1S/C16H21NO3S/c1-15(2,3)20-14(19)17-10-6-7-13-11(8-10)12(18)9-16(4,5)21-13/h6-8H,9H2,1-5H3,(H,17,19). The number of fused-ring (bicyclic) bond motifs is 1. The number of amides is 1. The first-order chi connectivity index (χ1) is 9.56. The van der Waals surface area contributed by atoms with Gasteiger partial charge >= 0.3 is 6.09 Å². The van der Waals surface area contributed by atoms with Crippen LogP contribution in [0.2, 0.25) is 0 Å². The van der Waals surface area contributed by atoms with Gasteiger partial charge in [-0.3, -0.25) is 10.1 Å². The van der Waals surface area contributed by atoms with Crippen molar-refractivity contribution in [2.75, 3.05) is 5.32 Å². The summed E-state index contributed by atoms with van der Waals surface area (Å²) in [5.74, 6) is 0.113. The zero-order valence-electron chi connectivity index (χ0n) is 13.1. The van der Waals surface area contributed by atoms with Crippen molar-refractivity contribution in [1.29, 1.82) is 0 Å². The van der Waals surface area contributed by atoms with Gasteiger partial charge in [-0.15, -0.1) is 11.8 Å². The topological polar surface area (TPSA) is 55.4 Å². The molecular formula is C16H21NO3S. The monoisotopic (exact) mass is 307 g/mol. The van der Waals surface area contributed by atoms with E-state index in [1.54, 1.807) is 23.9 Å². The Morgan fingerprint density at radius 1 is 1.33 bits per heavy atom. The van der Waals surface area contributed by atoms with Crippen LogP contribution in [0.15, 0.2) is 23.1 Å². The lowest BCUT2D eigenvalue weighted by Crippen LogP contribution is -2.28. The Balaban J connectivity index is 2.17. The van der Waals surface area contributed by atoms with E-state index in [1.807, 2.05) is 26.8 Å². The van der Waals surface area contributed by atoms with Crippen LogP contribution < -0.4 is 5.32 Å². The number of anilines is 1. The quantitative estimate of drug-likeness (QED) is 0.830. The van der Waals surface area contributed by atoms with E-state index in [9.17, 15) is 9.59 Å². The second kappa shape index (κ2) is 5.37. The molecule has 0 aromatic heterocycles. The molecule has 2 rings (SSSR count). The highest BCUT2D eigenvalue weighted by Crippen LogP contribution is 2.43. The fourth-order valence-electron chi connectivity index (χ4n) is 2.15. The number of hydrogen-bond acceptors (Lipinski definition) is 4. The number of benzene rings is 1. The van der Waals surface area contributed by atoms with Gasteiger partial charge in [0.15, 0.2) is 5.78 Å². The van der Waals surface area contributed by atoms with E-state index in [1.165, 1.54) is 0 Å². The number of ether oxygens (including phenoxy) is 1. The van der Waals surface area contributed by atoms with Crippen LogP contribution in [-0.2, 0) is 4.74 Å². The molecule has 4 nitrogen and oxygen atoms in total. The number of Topliss-reactive ketones (excluding diaryl/α,β-unsaturated/α-hetero) is 1. The van der Waals surface area contributed by atoms with Crippen molar-refractivity contribution in [3.05, 3.63) is 23.8 Å². The van der Waals surface area contributed by atoms with Gasteiger partial charge in [-0.25, -0.2) is 4.79 Å². The Bertz CT molecular complexity index is 588. The molecule has 0 atom stereocenters. The molecule has 114 valence electrons. The number of carbonyl (C=O) groups is 2. The van der Waals surface area contributed by atoms with Crippen molar-refractivity contribution in [3.63, 3.8) is 0 Å². The molecule has 1 aromatic rings. The molecule has 0 spiro atoms. The van der Waals surface area contributed by atoms with E-state index >= 15 is 0 Å². The van der Waals surface area contributed by atoms with Gasteiger partial charge in [0, 0.05) is 27.3 Å². The van der Waals surface area contributed by atoms with E-state index in [0.717, 1.165) is 4.90 Å². The van der Waals surface area contributed by atoms with E-state index in [2.05, 4.69) is 19.2 Å². The van der Waals surface area contributed by atoms with Gasteiger partial charge in [-0.05, 0) is 52.8 Å². The predicted octanol–water partition coefficient (Wildman–Crippen LogP) is 4.49. The van der Waals surface area contributed by atoms with Crippen molar-refractivity contribution >= 4 is 29.3 Å². The Morgan fingerprint density at radius 3 is 2.62 bits per heavy atom. The van der Waals surface area contributed by atoms with E-state index in [0.29, 0.717) is 17.7 Å². The Labute approximate surface area is 129 Å². The van der Waals surface area contributed by atoms with Gasteiger partial charge in [0.1, 0.15) is 5.60 Å². The maximum absolute atomic E-state index is 12.2. The van der Waals surface area contributed by atoms with Crippen LogP contribution in [0.3, 0.4) is 0 Å². The molecule has 0 saturated carbocycles. The van der Waals surface area contributed by atoms with Crippen LogP contribution in [0.25, 0.3) is 0 Å². The summed E-state index contributed by atoms with van der Waals surface area (Å²) in [4.78, 5) is 24.9. The molecule has 21 heavy (non-hydrogen) atoms. The summed E-state index contributed by atoms with van der Waals surface area (Å²) in [6.07, 6.45) is -0.0145. The Hall–Kier alpha value is -1.49. The molecule has 0 saturated heterocycles. The molecule has 1 aromatic carbocycles. The Kier molecular flexibility index (Phi) is 4.06. The van der Waals surface area contributed by atoms with Gasteiger partial charge in [-0.1, -0.05) is 0 Å². The molecule has 0 radical (unpaired) electrons. The smallest absolute Gasteiger partial charge is 0.412 e. The van der Waals surface area contributed by atoms with Crippen LogP contribution in [0.5, 0.6) is 0 Å². The molecule has 0 bridgehead atoms. The number of rotatable bonds is 1. The van der Waals surface area contributed by atoms with Crippen molar-refractivity contribution in [2.45, 2.75) is 56.3 Å². The molecule has 1 aliphatic heterocycles. The lowest BCUT2D eigenvalue weighted by atomic mass is 9.99. The van der Waals surface area contributed by atoms with Crippen molar-refractivity contribution < 1.29 is 14.3 Å². The van der Waals surface area contributed by atoms with E-state index < -0.39 is 11.7 Å². The van der Waals surface area contributed by atoms with E-state index in [4.69, 9.17) is 4.74 Å². The third-order valence-electron chi connectivity index (χ3n) is 2.90. The maximum atomic E-state index is 12.2. The summed E-state index contributed by atoms with van der Waals surface area (Å²) in [5, 5.41) is 2.67. The summed E-state index contributed by atoms with van der Waals surface area (Å²) in [6, 6.07) is 5.40. The van der Waals surface area contributed by atoms with Gasteiger partial charge in [-0.2, -0.15) is 0 Å². The summed E-state index contributed by atoms with van der Waals surface area (Å²) in [7, 11) is 0. The average Bonchev–Trinajstić information content (AvgIpc) is 2.26. The maximum Gasteiger partial charge on any atom is 0.412 e. The van der Waals surface area contributed by atoms with E-state index in [-0.39, 0.29) is 10.5 Å². The third kappa shape index (κ3) is 4.24. The highest BCUT2D eigenvalue weighted by atomic mass is 32.2. The van der Waals surface area contributed by atoms with Gasteiger partial charge in [0.2, 0.25) is 0 Å². The van der Waals surface area contributed by atoms with Crippen molar-refractivity contribution in [1.82, 2.24) is 0 Å². The number of nitrogens with one attached hydrogen (secondary N) is 1. The van der Waals surface area contributed by atoms with Crippen LogP contribution in [-0.4, -0.2) is 22.2 Å². The minimum atomic E-state index is -0.548. The summed E-state index contributed by atoms with van der Waals surface area (Å²) in [5.41, 5.74) is 0.707. The lowest BCUT2D eigenvalue weighted by Gasteiger charge is -2.29. The van der Waals surface area contributed by atoms with Crippen molar-refractivity contribution in [2.24, 2.45) is 0 Å². The average molecular weight is 307 g/mol. The largest absolute Gasteiger partial charge is 0.444 e. The normalized spacial score (nSPS) is 17.1. The molecule has 1 heterocycles. The molecule has 1 aliphatic rings. The zero-order valence-corrected chi connectivity index (χ0v) is 13.9. The zero-order chi connectivity index (χ0) is 15.8. The second-order valence-electron chi connectivity index (χ2n) is 6.80. The first-order valence-electron chi connectivity index (χ1n) is 6.92. The van der Waals surface area contributed by atoms with Crippen LogP contribution in [0, 0.1) is 0 Å². The second-order valence-corrected chi connectivity index (χ2v) is 8.55. The van der Waals surface area contributed by atoms with Crippen molar-refractivity contribution in [3.8, 4) is 0 Å². The van der Waals surface area contributed by atoms with Crippen LogP contribution in [0.4, 0.5) is 10.5 Å². The van der Waals surface area contributed by atoms with Gasteiger partial charge < -0.3 is 4.74 Å². The number of ketones is 1. The highest BCUT2D eigenvalue weighted by molar-refractivity contribution is 8.00. The third-order valence-corrected chi connectivity index (χ3v) is 4.17. The fraction of sp³-hybridized carbons (Fsp3) is 0.500. The van der Waals surface area contributed by atoms with Crippen LogP contribution >= 0.6 is 11.8 Å². The number of hydrogen-bond donors (Lipinski definition) is 1. The molecule has 1 N–H and O–H groups in total. The molecule has 5 heteroatoms. The van der Waals surface area contributed by atoms with Crippen LogP contribution in [0.1, 0.15) is 51.4 Å². The summed E-state index contributed by atoms with van der Waals surface area (Å²) in [6.45, 7) is 9.54. The summed E-state index contributed by atoms with van der Waals surface area (Å²) >= 11 is 1.69. The van der Waals surface area contributed by atoms with Gasteiger partial charge in [0.25, 0.3) is 0 Å². The first-order valence-corrected chi connectivity index (χ1v) is 7.74. The van der Waals surface area contributed by atoms with Gasteiger partial charge in [0.05, 0.1) is 0 Å². The number of thioether (sulfide) groups is 1. The first kappa shape index (κ1) is 15.9. The highest BCUT2D eigenvalue weighted by Gasteiger charge is 2.31. The molecule has 1 amide bonds. The lowest BCUT2D eigenvalue weighted by molar-refractivity contribution is 0.0635. The minimum Gasteiger partial charge on any atom is -0.444 e. The Morgan fingerprint density at radius 2 is 2.00 bits per heavy atom. The SMILES string of the molecule is CC(C)(C)OC(=O)Nc1ccc2c(c1)C(=O)CC(C)(C)S2. The molecular weight excluding hydrogens is 286 g/mol. The number of carbonyl (C=O) groups excluding carboxylic acids is 2. The minimum absolute atomic E-state index is 0.0792. The fourth-order valence-corrected chi connectivity index (χ4v) is 3.37. The molecule has 0 fully saturated rings. The molecule has 0 aliphatic carbocycles.